The summed E-state index contributed by atoms with van der Waals surface area (Å²) in [6.07, 6.45) is 0.673. The lowest BCUT2D eigenvalue weighted by molar-refractivity contribution is -0.144. The number of hydrogen-bond donors (Lipinski definition) is 1. The van der Waals surface area contributed by atoms with E-state index in [1.54, 1.807) is 0 Å². The van der Waals surface area contributed by atoms with Crippen LogP contribution < -0.4 is 15.4 Å². The zero-order valence-corrected chi connectivity index (χ0v) is 12.3. The number of benzene rings is 1. The first-order valence-corrected chi connectivity index (χ1v) is 7.06. The van der Waals surface area contributed by atoms with Crippen molar-refractivity contribution in [2.45, 2.75) is 39.3 Å². The number of nitrogens with zero attached hydrogens (tertiary/aromatic N) is 1. The number of carbonyl (C=O) groups excluding carboxylic acids is 1. The Morgan fingerprint density at radius 2 is 2.30 bits per heavy atom. The second-order valence-corrected chi connectivity index (χ2v) is 4.95. The summed E-state index contributed by atoms with van der Waals surface area (Å²) in [7, 11) is 0. The van der Waals surface area contributed by atoms with Gasteiger partial charge in [-0.25, -0.2) is 4.79 Å². The molecule has 0 radical (unpaired) electrons. The van der Waals surface area contributed by atoms with Crippen LogP contribution in [0.15, 0.2) is 18.2 Å². The Labute approximate surface area is 119 Å². The van der Waals surface area contributed by atoms with E-state index in [4.69, 9.17) is 15.2 Å². The molecule has 110 valence electrons. The molecule has 2 unspecified atom stereocenters. The van der Waals surface area contributed by atoms with Crippen molar-refractivity contribution in [1.29, 1.82) is 0 Å². The van der Waals surface area contributed by atoms with E-state index in [9.17, 15) is 4.79 Å². The Morgan fingerprint density at radius 1 is 1.55 bits per heavy atom. The van der Waals surface area contributed by atoms with E-state index in [1.165, 1.54) is 0 Å². The van der Waals surface area contributed by atoms with Crippen molar-refractivity contribution in [3.05, 3.63) is 18.2 Å². The first-order chi connectivity index (χ1) is 9.58. The van der Waals surface area contributed by atoms with Crippen LogP contribution in [0.3, 0.4) is 0 Å². The summed E-state index contributed by atoms with van der Waals surface area (Å²) < 4.78 is 11.0. The number of rotatable bonds is 4. The maximum absolute atomic E-state index is 12.2. The molecule has 1 aromatic rings. The van der Waals surface area contributed by atoms with Crippen LogP contribution in [0.25, 0.3) is 0 Å². The van der Waals surface area contributed by atoms with Gasteiger partial charge in [0, 0.05) is 0 Å². The van der Waals surface area contributed by atoms with Gasteiger partial charge >= 0.3 is 5.97 Å². The molecule has 1 aromatic carbocycles. The minimum Gasteiger partial charge on any atom is -0.487 e. The van der Waals surface area contributed by atoms with Gasteiger partial charge in [0.25, 0.3) is 0 Å². The molecule has 0 spiro atoms. The molecule has 0 amide bonds. The van der Waals surface area contributed by atoms with Crippen LogP contribution in [0.2, 0.25) is 0 Å². The Morgan fingerprint density at radius 3 is 2.95 bits per heavy atom. The number of esters is 1. The van der Waals surface area contributed by atoms with E-state index >= 15 is 0 Å². The highest BCUT2D eigenvalue weighted by atomic mass is 16.5. The highest BCUT2D eigenvalue weighted by molar-refractivity contribution is 5.85. The molecule has 0 aliphatic carbocycles. The predicted octanol–water partition coefficient (Wildman–Crippen LogP) is 2.20. The van der Waals surface area contributed by atoms with Gasteiger partial charge in [-0.2, -0.15) is 0 Å². The summed E-state index contributed by atoms with van der Waals surface area (Å²) >= 11 is 0. The summed E-state index contributed by atoms with van der Waals surface area (Å²) in [6, 6.07) is 5.23. The molecule has 2 rings (SSSR count). The van der Waals surface area contributed by atoms with Crippen LogP contribution in [-0.2, 0) is 9.53 Å². The van der Waals surface area contributed by atoms with Crippen molar-refractivity contribution in [3.63, 3.8) is 0 Å². The number of fused-ring (bicyclic) bond motifs is 1. The van der Waals surface area contributed by atoms with E-state index in [2.05, 4.69) is 0 Å². The summed E-state index contributed by atoms with van der Waals surface area (Å²) in [5.74, 6) is 0.518. The topological polar surface area (TPSA) is 64.8 Å². The molecule has 0 saturated carbocycles. The zero-order valence-electron chi connectivity index (χ0n) is 12.3. The van der Waals surface area contributed by atoms with Crippen molar-refractivity contribution in [2.75, 3.05) is 23.8 Å². The summed E-state index contributed by atoms with van der Waals surface area (Å²) in [5.41, 5.74) is 7.49. The van der Waals surface area contributed by atoms with E-state index in [1.807, 2.05) is 43.9 Å². The summed E-state index contributed by atoms with van der Waals surface area (Å²) in [4.78, 5) is 14.2. The van der Waals surface area contributed by atoms with Crippen LogP contribution in [0, 0.1) is 0 Å². The van der Waals surface area contributed by atoms with Gasteiger partial charge in [0.05, 0.1) is 18.8 Å². The second-order valence-electron chi connectivity index (χ2n) is 4.95. The van der Waals surface area contributed by atoms with Crippen LogP contribution in [0.5, 0.6) is 5.75 Å². The van der Waals surface area contributed by atoms with Crippen LogP contribution >= 0.6 is 0 Å². The van der Waals surface area contributed by atoms with Crippen molar-refractivity contribution in [3.8, 4) is 5.75 Å². The van der Waals surface area contributed by atoms with Crippen LogP contribution in [-0.4, -0.2) is 31.3 Å². The van der Waals surface area contributed by atoms with Gasteiger partial charge in [-0.05, 0) is 32.4 Å². The molecule has 0 aromatic heterocycles. The number of anilines is 2. The fourth-order valence-electron chi connectivity index (χ4n) is 2.60. The fraction of sp³-hybridized carbons (Fsp3) is 0.533. The number of ether oxygens (including phenoxy) is 2. The summed E-state index contributed by atoms with van der Waals surface area (Å²) in [6.45, 7) is 6.78. The second kappa shape index (κ2) is 6.03. The Bertz CT molecular complexity index is 490. The predicted molar refractivity (Wildman–Crippen MR) is 79.0 cm³/mol. The third-order valence-corrected chi connectivity index (χ3v) is 3.42. The SMILES string of the molecule is CCOC(=O)C(CC)N1CC(C)Oc2cccc(N)c21. The van der Waals surface area contributed by atoms with E-state index in [0.717, 1.165) is 11.4 Å². The molecule has 0 fully saturated rings. The third kappa shape index (κ3) is 2.66. The molecule has 2 N–H and O–H groups in total. The van der Waals surface area contributed by atoms with Gasteiger partial charge in [0.15, 0.2) is 0 Å². The number of para-hydroxylation sites is 1. The molecular formula is C15H22N2O3. The van der Waals surface area contributed by atoms with E-state index in [-0.39, 0.29) is 18.1 Å². The number of carbonyl (C=O) groups is 1. The Kier molecular flexibility index (Phi) is 4.37. The Hall–Kier alpha value is -1.91. The highest BCUT2D eigenvalue weighted by Crippen LogP contribution is 2.39. The zero-order chi connectivity index (χ0) is 14.7. The minimum atomic E-state index is -0.329. The van der Waals surface area contributed by atoms with Crippen molar-refractivity contribution >= 4 is 17.3 Å². The number of nitrogen functional groups attached to an aromatic ring is 1. The monoisotopic (exact) mass is 278 g/mol. The Balaban J connectivity index is 2.39. The smallest absolute Gasteiger partial charge is 0.328 e. The average molecular weight is 278 g/mol. The fourth-order valence-corrected chi connectivity index (χ4v) is 2.60. The third-order valence-electron chi connectivity index (χ3n) is 3.42. The largest absolute Gasteiger partial charge is 0.487 e. The molecular weight excluding hydrogens is 256 g/mol. The van der Waals surface area contributed by atoms with E-state index in [0.29, 0.717) is 25.3 Å². The molecule has 1 heterocycles. The number of nitrogens with two attached hydrogens (primary N) is 1. The van der Waals surface area contributed by atoms with E-state index < -0.39 is 0 Å². The van der Waals surface area contributed by atoms with Crippen LogP contribution in [0.4, 0.5) is 11.4 Å². The van der Waals surface area contributed by atoms with Gasteiger partial charge in [0.1, 0.15) is 23.6 Å². The average Bonchev–Trinajstić information content (AvgIpc) is 2.39. The van der Waals surface area contributed by atoms with Gasteiger partial charge in [0.2, 0.25) is 0 Å². The lowest BCUT2D eigenvalue weighted by Crippen LogP contribution is -2.49. The number of hydrogen-bond acceptors (Lipinski definition) is 5. The van der Waals surface area contributed by atoms with Gasteiger partial charge in [-0.15, -0.1) is 0 Å². The molecule has 20 heavy (non-hydrogen) atoms. The van der Waals surface area contributed by atoms with Gasteiger partial charge in [-0.1, -0.05) is 13.0 Å². The van der Waals surface area contributed by atoms with Crippen molar-refractivity contribution < 1.29 is 14.3 Å². The van der Waals surface area contributed by atoms with Crippen LogP contribution in [0.1, 0.15) is 27.2 Å². The van der Waals surface area contributed by atoms with Crippen molar-refractivity contribution in [2.24, 2.45) is 0 Å². The molecule has 2 atom stereocenters. The molecule has 1 aliphatic heterocycles. The first kappa shape index (κ1) is 14.5. The lowest BCUT2D eigenvalue weighted by atomic mass is 10.1. The van der Waals surface area contributed by atoms with Gasteiger partial charge in [-0.3, -0.25) is 0 Å². The van der Waals surface area contributed by atoms with Crippen molar-refractivity contribution in [1.82, 2.24) is 0 Å². The molecule has 5 nitrogen and oxygen atoms in total. The molecule has 1 aliphatic rings. The van der Waals surface area contributed by atoms with Gasteiger partial charge < -0.3 is 20.1 Å². The molecule has 0 bridgehead atoms. The minimum absolute atomic E-state index is 0.00720. The first-order valence-electron chi connectivity index (χ1n) is 7.06. The summed E-state index contributed by atoms with van der Waals surface area (Å²) in [5, 5.41) is 0. The lowest BCUT2D eigenvalue weighted by Gasteiger charge is -2.39. The normalized spacial score (nSPS) is 18.9. The maximum Gasteiger partial charge on any atom is 0.328 e. The highest BCUT2D eigenvalue weighted by Gasteiger charge is 2.33. The standard InChI is InChI=1S/C15H22N2O3/c1-4-12(15(18)19-5-2)17-9-10(3)20-13-8-6-7-11(16)14(13)17/h6-8,10,12H,4-5,9,16H2,1-3H3. The maximum atomic E-state index is 12.2. The molecule has 0 saturated heterocycles. The quantitative estimate of drug-likeness (QED) is 0.675. The molecule has 5 heteroatoms.